The second-order valence-electron chi connectivity index (χ2n) is 5.50. The number of rotatable bonds is 4. The fourth-order valence-corrected chi connectivity index (χ4v) is 2.89. The number of aryl methyl sites for hydroxylation is 1. The van der Waals surface area contributed by atoms with Gasteiger partial charge in [-0.15, -0.1) is 0 Å². The van der Waals surface area contributed by atoms with Crippen molar-refractivity contribution in [3.8, 4) is 0 Å². The van der Waals surface area contributed by atoms with Gasteiger partial charge in [0.1, 0.15) is 0 Å². The summed E-state index contributed by atoms with van der Waals surface area (Å²) in [5, 5.41) is 10.1. The molecule has 2 rings (SSSR count). The van der Waals surface area contributed by atoms with Crippen molar-refractivity contribution in [3.05, 3.63) is 35.4 Å². The Morgan fingerprint density at radius 3 is 2.33 bits per heavy atom. The minimum absolute atomic E-state index is 0.140. The second-order valence-corrected chi connectivity index (χ2v) is 5.50. The first-order chi connectivity index (χ1) is 8.70. The first kappa shape index (κ1) is 13.6. The van der Waals surface area contributed by atoms with Crippen LogP contribution in [0.5, 0.6) is 0 Å². The average molecular weight is 247 g/mol. The summed E-state index contributed by atoms with van der Waals surface area (Å²) in [6.07, 6.45) is 5.47. The molecule has 0 spiro atoms. The van der Waals surface area contributed by atoms with Crippen LogP contribution in [0, 0.1) is 0 Å². The molecule has 0 saturated heterocycles. The molecule has 2 unspecified atom stereocenters. The van der Waals surface area contributed by atoms with Crippen LogP contribution in [-0.4, -0.2) is 29.2 Å². The van der Waals surface area contributed by atoms with E-state index in [1.165, 1.54) is 24.0 Å². The Morgan fingerprint density at radius 1 is 1.11 bits per heavy atom. The Labute approximate surface area is 111 Å². The van der Waals surface area contributed by atoms with Crippen molar-refractivity contribution in [1.82, 2.24) is 4.90 Å². The highest BCUT2D eigenvalue weighted by atomic mass is 16.3. The summed E-state index contributed by atoms with van der Waals surface area (Å²) in [4.78, 5) is 2.31. The van der Waals surface area contributed by atoms with Gasteiger partial charge >= 0.3 is 0 Å². The van der Waals surface area contributed by atoms with Gasteiger partial charge in [0, 0.05) is 12.6 Å². The third-order valence-corrected chi connectivity index (χ3v) is 4.12. The molecule has 0 amide bonds. The van der Waals surface area contributed by atoms with E-state index < -0.39 is 0 Å². The van der Waals surface area contributed by atoms with Crippen molar-refractivity contribution in [2.45, 2.75) is 57.7 Å². The molecule has 0 radical (unpaired) electrons. The maximum absolute atomic E-state index is 10.1. The smallest absolute Gasteiger partial charge is 0.0695 e. The molecule has 1 fully saturated rings. The van der Waals surface area contributed by atoms with Crippen molar-refractivity contribution >= 4 is 0 Å². The van der Waals surface area contributed by atoms with Gasteiger partial charge in [-0.25, -0.2) is 0 Å². The fraction of sp³-hybridized carbons (Fsp3) is 0.625. The molecule has 100 valence electrons. The van der Waals surface area contributed by atoms with Crippen LogP contribution < -0.4 is 0 Å². The van der Waals surface area contributed by atoms with Crippen molar-refractivity contribution in [1.29, 1.82) is 0 Å². The third kappa shape index (κ3) is 3.33. The van der Waals surface area contributed by atoms with Crippen LogP contribution in [0.15, 0.2) is 24.3 Å². The molecule has 1 aromatic rings. The molecule has 1 N–H and O–H groups in total. The highest BCUT2D eigenvalue weighted by molar-refractivity contribution is 5.22. The quantitative estimate of drug-likeness (QED) is 0.884. The zero-order valence-corrected chi connectivity index (χ0v) is 11.6. The predicted octanol–water partition coefficient (Wildman–Crippen LogP) is 2.98. The average Bonchev–Trinajstić information content (AvgIpc) is 2.40. The molecular weight excluding hydrogens is 222 g/mol. The zero-order chi connectivity index (χ0) is 13.0. The lowest BCUT2D eigenvalue weighted by Gasteiger charge is -2.35. The minimum atomic E-state index is -0.140. The van der Waals surface area contributed by atoms with Crippen LogP contribution in [0.1, 0.15) is 43.7 Å². The number of benzene rings is 1. The van der Waals surface area contributed by atoms with E-state index in [4.69, 9.17) is 0 Å². The van der Waals surface area contributed by atoms with Gasteiger partial charge in [0.25, 0.3) is 0 Å². The highest BCUT2D eigenvalue weighted by Gasteiger charge is 2.26. The summed E-state index contributed by atoms with van der Waals surface area (Å²) in [7, 11) is 2.13. The summed E-state index contributed by atoms with van der Waals surface area (Å²) in [6.45, 7) is 3.12. The molecule has 18 heavy (non-hydrogen) atoms. The molecule has 0 aliphatic heterocycles. The Kier molecular flexibility index (Phi) is 4.79. The van der Waals surface area contributed by atoms with Gasteiger partial charge in [-0.2, -0.15) is 0 Å². The van der Waals surface area contributed by atoms with E-state index in [0.717, 1.165) is 25.8 Å². The maximum atomic E-state index is 10.1. The van der Waals surface area contributed by atoms with E-state index in [0.29, 0.717) is 6.04 Å². The molecule has 0 aromatic heterocycles. The summed E-state index contributed by atoms with van der Waals surface area (Å²) in [5.74, 6) is 0. The van der Waals surface area contributed by atoms with Gasteiger partial charge in [0.15, 0.2) is 0 Å². The van der Waals surface area contributed by atoms with Crippen molar-refractivity contribution in [2.24, 2.45) is 0 Å². The lowest BCUT2D eigenvalue weighted by Crippen LogP contribution is -2.42. The predicted molar refractivity (Wildman–Crippen MR) is 75.5 cm³/mol. The van der Waals surface area contributed by atoms with Gasteiger partial charge in [0.2, 0.25) is 0 Å². The van der Waals surface area contributed by atoms with Gasteiger partial charge in [-0.3, -0.25) is 4.90 Å². The molecule has 2 heteroatoms. The van der Waals surface area contributed by atoms with Crippen LogP contribution in [0.4, 0.5) is 0 Å². The molecule has 0 heterocycles. The lowest BCUT2D eigenvalue weighted by atomic mass is 9.91. The number of hydrogen-bond acceptors (Lipinski definition) is 2. The lowest BCUT2D eigenvalue weighted by molar-refractivity contribution is 0.0288. The van der Waals surface area contributed by atoms with Crippen LogP contribution in [0.3, 0.4) is 0 Å². The molecule has 1 saturated carbocycles. The van der Waals surface area contributed by atoms with Crippen LogP contribution >= 0.6 is 0 Å². The second kappa shape index (κ2) is 6.35. The van der Waals surface area contributed by atoms with Gasteiger partial charge in [-0.05, 0) is 37.4 Å². The summed E-state index contributed by atoms with van der Waals surface area (Å²) in [6, 6.07) is 9.18. The Balaban J connectivity index is 1.94. The summed E-state index contributed by atoms with van der Waals surface area (Å²) < 4.78 is 0. The standard InChI is InChI=1S/C16H25NO/c1-3-13-8-10-14(11-9-13)12-17(2)15-6-4-5-7-16(15)18/h8-11,15-16,18H,3-7,12H2,1-2H3. The maximum Gasteiger partial charge on any atom is 0.0695 e. The number of aliphatic hydroxyl groups excluding tert-OH is 1. The summed E-state index contributed by atoms with van der Waals surface area (Å²) >= 11 is 0. The Hall–Kier alpha value is -0.860. The topological polar surface area (TPSA) is 23.5 Å². The van der Waals surface area contributed by atoms with E-state index in [9.17, 15) is 5.11 Å². The van der Waals surface area contributed by atoms with E-state index in [1.54, 1.807) is 0 Å². The monoisotopic (exact) mass is 247 g/mol. The molecule has 1 aliphatic rings. The number of nitrogens with zero attached hydrogens (tertiary/aromatic N) is 1. The first-order valence-electron chi connectivity index (χ1n) is 7.17. The van der Waals surface area contributed by atoms with E-state index in [1.807, 2.05) is 0 Å². The number of hydrogen-bond donors (Lipinski definition) is 1. The minimum Gasteiger partial charge on any atom is -0.391 e. The van der Waals surface area contributed by atoms with Gasteiger partial charge in [-0.1, -0.05) is 44.0 Å². The first-order valence-corrected chi connectivity index (χ1v) is 7.17. The van der Waals surface area contributed by atoms with Gasteiger partial charge in [0.05, 0.1) is 6.10 Å². The molecular formula is C16H25NO. The highest BCUT2D eigenvalue weighted by Crippen LogP contribution is 2.23. The molecule has 0 bridgehead atoms. The number of aliphatic hydroxyl groups is 1. The van der Waals surface area contributed by atoms with Crippen molar-refractivity contribution in [3.63, 3.8) is 0 Å². The SMILES string of the molecule is CCc1ccc(CN(C)C2CCCCC2O)cc1. The summed E-state index contributed by atoms with van der Waals surface area (Å²) in [5.41, 5.74) is 2.73. The molecule has 2 atom stereocenters. The number of likely N-dealkylation sites (N-methyl/N-ethyl adjacent to an activating group) is 1. The van der Waals surface area contributed by atoms with Crippen LogP contribution in [-0.2, 0) is 13.0 Å². The Morgan fingerprint density at radius 2 is 1.72 bits per heavy atom. The van der Waals surface area contributed by atoms with Gasteiger partial charge < -0.3 is 5.11 Å². The fourth-order valence-electron chi connectivity index (χ4n) is 2.89. The van der Waals surface area contributed by atoms with Crippen molar-refractivity contribution < 1.29 is 5.11 Å². The largest absolute Gasteiger partial charge is 0.391 e. The molecule has 1 aliphatic carbocycles. The van der Waals surface area contributed by atoms with E-state index in [-0.39, 0.29) is 6.10 Å². The molecule has 1 aromatic carbocycles. The zero-order valence-electron chi connectivity index (χ0n) is 11.6. The normalized spacial score (nSPS) is 24.4. The third-order valence-electron chi connectivity index (χ3n) is 4.12. The van der Waals surface area contributed by atoms with Crippen LogP contribution in [0.2, 0.25) is 0 Å². The van der Waals surface area contributed by atoms with E-state index >= 15 is 0 Å². The van der Waals surface area contributed by atoms with Crippen LogP contribution in [0.25, 0.3) is 0 Å². The van der Waals surface area contributed by atoms with Crippen molar-refractivity contribution in [2.75, 3.05) is 7.05 Å². The Bertz CT molecular complexity index is 360. The molecule has 2 nitrogen and oxygen atoms in total. The van der Waals surface area contributed by atoms with E-state index in [2.05, 4.69) is 43.1 Å².